The SMILES string of the molecule is O=C(NCCN1CCN(c2nc3c(Cl)cccc3s2)CC1)c1cc2cc([N+](=O)[O-])ccc2s1. The second-order valence-electron chi connectivity index (χ2n) is 7.76. The van der Waals surface area contributed by atoms with Crippen LogP contribution in [-0.4, -0.2) is 60.0 Å². The van der Waals surface area contributed by atoms with E-state index in [1.165, 1.54) is 23.5 Å². The summed E-state index contributed by atoms with van der Waals surface area (Å²) in [7, 11) is 0. The smallest absolute Gasteiger partial charge is 0.270 e. The van der Waals surface area contributed by atoms with Crippen LogP contribution in [0.4, 0.5) is 10.8 Å². The summed E-state index contributed by atoms with van der Waals surface area (Å²) in [6, 6.07) is 12.2. The molecule has 5 rings (SSSR count). The predicted molar refractivity (Wildman–Crippen MR) is 134 cm³/mol. The molecule has 1 N–H and O–H groups in total. The van der Waals surface area contributed by atoms with Gasteiger partial charge < -0.3 is 10.2 Å². The van der Waals surface area contributed by atoms with Crippen molar-refractivity contribution in [3.05, 3.63) is 62.5 Å². The second-order valence-corrected chi connectivity index (χ2v) is 10.3. The van der Waals surface area contributed by atoms with Crippen LogP contribution in [0.15, 0.2) is 42.5 Å². The molecule has 0 atom stereocenters. The molecule has 1 saturated heterocycles. The standard InChI is InChI=1S/C22H20ClN5O3S2/c23-16-2-1-3-18-20(16)25-22(33-18)27-10-8-26(9-11-27)7-6-24-21(29)19-13-14-12-15(28(30)31)4-5-17(14)32-19/h1-5,12-13H,6-11H2,(H,24,29). The molecule has 0 spiro atoms. The molecule has 1 aliphatic rings. The van der Waals surface area contributed by atoms with Gasteiger partial charge in [0, 0.05) is 61.5 Å². The Bertz CT molecular complexity index is 1350. The van der Waals surface area contributed by atoms with E-state index in [1.807, 2.05) is 18.2 Å². The summed E-state index contributed by atoms with van der Waals surface area (Å²) in [4.78, 5) is 32.9. The Balaban J connectivity index is 1.12. The molecule has 3 heterocycles. The maximum absolute atomic E-state index is 12.5. The van der Waals surface area contributed by atoms with Crippen LogP contribution in [0.25, 0.3) is 20.3 Å². The highest BCUT2D eigenvalue weighted by atomic mass is 35.5. The van der Waals surface area contributed by atoms with E-state index in [-0.39, 0.29) is 11.6 Å². The molecule has 0 radical (unpaired) electrons. The maximum atomic E-state index is 12.5. The molecule has 4 aromatic rings. The van der Waals surface area contributed by atoms with E-state index in [4.69, 9.17) is 16.6 Å². The number of aromatic nitrogens is 1. The first-order valence-electron chi connectivity index (χ1n) is 10.5. The number of nitrogens with one attached hydrogen (secondary N) is 1. The number of fused-ring (bicyclic) bond motifs is 2. The van der Waals surface area contributed by atoms with E-state index in [1.54, 1.807) is 23.5 Å². The van der Waals surface area contributed by atoms with Gasteiger partial charge in [-0.25, -0.2) is 4.98 Å². The average molecular weight is 502 g/mol. The number of anilines is 1. The van der Waals surface area contributed by atoms with Crippen LogP contribution >= 0.6 is 34.3 Å². The summed E-state index contributed by atoms with van der Waals surface area (Å²) < 4.78 is 1.96. The van der Waals surface area contributed by atoms with E-state index < -0.39 is 4.92 Å². The largest absolute Gasteiger partial charge is 0.350 e. The lowest BCUT2D eigenvalue weighted by Crippen LogP contribution is -2.48. The van der Waals surface area contributed by atoms with Gasteiger partial charge in [0.25, 0.3) is 11.6 Å². The molecule has 0 saturated carbocycles. The third-order valence-corrected chi connectivity index (χ3v) is 8.15. The van der Waals surface area contributed by atoms with E-state index in [0.717, 1.165) is 52.8 Å². The van der Waals surface area contributed by atoms with Crippen molar-refractivity contribution in [3.63, 3.8) is 0 Å². The van der Waals surface area contributed by atoms with Crippen molar-refractivity contribution in [2.75, 3.05) is 44.2 Å². The van der Waals surface area contributed by atoms with Gasteiger partial charge in [0.2, 0.25) is 0 Å². The predicted octanol–water partition coefficient (Wildman–Crippen LogP) is 4.62. The van der Waals surface area contributed by atoms with Crippen molar-refractivity contribution in [2.45, 2.75) is 0 Å². The van der Waals surface area contributed by atoms with Crippen molar-refractivity contribution >= 4 is 71.3 Å². The van der Waals surface area contributed by atoms with Crippen molar-refractivity contribution in [3.8, 4) is 0 Å². The Morgan fingerprint density at radius 1 is 1.12 bits per heavy atom. The molecule has 1 amide bonds. The number of nitro groups is 1. The fourth-order valence-electron chi connectivity index (χ4n) is 3.87. The Morgan fingerprint density at radius 2 is 1.94 bits per heavy atom. The van der Waals surface area contributed by atoms with E-state index in [9.17, 15) is 14.9 Å². The van der Waals surface area contributed by atoms with Gasteiger partial charge in [-0.2, -0.15) is 0 Å². The van der Waals surface area contributed by atoms with E-state index >= 15 is 0 Å². The summed E-state index contributed by atoms with van der Waals surface area (Å²) in [5.74, 6) is -0.149. The van der Waals surface area contributed by atoms with Crippen LogP contribution in [0.5, 0.6) is 0 Å². The van der Waals surface area contributed by atoms with Crippen LogP contribution in [-0.2, 0) is 0 Å². The number of piperazine rings is 1. The Morgan fingerprint density at radius 3 is 2.70 bits per heavy atom. The summed E-state index contributed by atoms with van der Waals surface area (Å²) in [6.07, 6.45) is 0. The quantitative estimate of drug-likeness (QED) is 0.306. The number of thiophene rings is 1. The Hall–Kier alpha value is -2.79. The number of nitro benzene ring substituents is 1. The van der Waals surface area contributed by atoms with Gasteiger partial charge in [0.15, 0.2) is 5.13 Å². The fraction of sp³-hybridized carbons (Fsp3) is 0.273. The van der Waals surface area contributed by atoms with Crippen LogP contribution in [0.2, 0.25) is 5.02 Å². The lowest BCUT2D eigenvalue weighted by molar-refractivity contribution is -0.384. The number of hydrogen-bond acceptors (Lipinski definition) is 8. The highest BCUT2D eigenvalue weighted by Gasteiger charge is 2.20. The Kier molecular flexibility index (Phi) is 6.15. The molecule has 170 valence electrons. The van der Waals surface area contributed by atoms with Crippen molar-refractivity contribution < 1.29 is 9.72 Å². The number of rotatable bonds is 6. The van der Waals surface area contributed by atoms with Crippen LogP contribution in [0, 0.1) is 10.1 Å². The summed E-state index contributed by atoms with van der Waals surface area (Å²) in [6.45, 7) is 4.85. The van der Waals surface area contributed by atoms with Gasteiger partial charge in [0.05, 0.1) is 19.5 Å². The zero-order chi connectivity index (χ0) is 22.9. The number of amides is 1. The third-order valence-electron chi connectivity index (χ3n) is 5.65. The molecule has 2 aromatic heterocycles. The van der Waals surface area contributed by atoms with Gasteiger partial charge in [-0.3, -0.25) is 19.8 Å². The van der Waals surface area contributed by atoms with Crippen molar-refractivity contribution in [1.29, 1.82) is 0 Å². The first-order chi connectivity index (χ1) is 16.0. The number of benzene rings is 2. The van der Waals surface area contributed by atoms with Crippen LogP contribution in [0.1, 0.15) is 9.67 Å². The maximum Gasteiger partial charge on any atom is 0.270 e. The molecule has 33 heavy (non-hydrogen) atoms. The highest BCUT2D eigenvalue weighted by Crippen LogP contribution is 2.33. The van der Waals surface area contributed by atoms with Gasteiger partial charge in [0.1, 0.15) is 5.52 Å². The molecule has 1 aliphatic heterocycles. The average Bonchev–Trinajstić information content (AvgIpc) is 3.44. The molecular weight excluding hydrogens is 482 g/mol. The molecular formula is C22H20ClN5O3S2. The minimum Gasteiger partial charge on any atom is -0.350 e. The lowest BCUT2D eigenvalue weighted by Gasteiger charge is -2.34. The number of nitrogens with zero attached hydrogens (tertiary/aromatic N) is 4. The number of carbonyl (C=O) groups excluding carboxylic acids is 1. The Labute approximate surface area is 202 Å². The number of carbonyl (C=O) groups is 1. The first-order valence-corrected chi connectivity index (χ1v) is 12.5. The number of thiazole rings is 1. The summed E-state index contributed by atoms with van der Waals surface area (Å²) in [5.41, 5.74) is 0.889. The van der Waals surface area contributed by atoms with Gasteiger partial charge >= 0.3 is 0 Å². The minimum absolute atomic E-state index is 0.0281. The lowest BCUT2D eigenvalue weighted by atomic mass is 10.2. The molecule has 8 nitrogen and oxygen atoms in total. The molecule has 0 unspecified atom stereocenters. The monoisotopic (exact) mass is 501 g/mol. The van der Waals surface area contributed by atoms with Crippen LogP contribution in [0.3, 0.4) is 0 Å². The number of para-hydroxylation sites is 1. The van der Waals surface area contributed by atoms with Gasteiger partial charge in [-0.1, -0.05) is 29.0 Å². The van der Waals surface area contributed by atoms with Gasteiger partial charge in [-0.15, -0.1) is 11.3 Å². The topological polar surface area (TPSA) is 91.6 Å². The van der Waals surface area contributed by atoms with Crippen LogP contribution < -0.4 is 10.2 Å². The van der Waals surface area contributed by atoms with Crippen molar-refractivity contribution in [1.82, 2.24) is 15.2 Å². The fourth-order valence-corrected chi connectivity index (χ4v) is 6.15. The van der Waals surface area contributed by atoms with Gasteiger partial charge in [-0.05, 0) is 24.3 Å². The highest BCUT2D eigenvalue weighted by molar-refractivity contribution is 7.22. The van der Waals surface area contributed by atoms with E-state index in [0.29, 0.717) is 21.8 Å². The molecule has 0 bridgehead atoms. The second kappa shape index (κ2) is 9.22. The zero-order valence-electron chi connectivity index (χ0n) is 17.5. The molecule has 11 heteroatoms. The summed E-state index contributed by atoms with van der Waals surface area (Å²) >= 11 is 9.26. The molecule has 1 fully saturated rings. The normalized spacial score (nSPS) is 14.8. The molecule has 0 aliphatic carbocycles. The number of halogens is 1. The third kappa shape index (κ3) is 4.65. The van der Waals surface area contributed by atoms with Crippen molar-refractivity contribution in [2.24, 2.45) is 0 Å². The molecule has 2 aromatic carbocycles. The number of hydrogen-bond donors (Lipinski definition) is 1. The summed E-state index contributed by atoms with van der Waals surface area (Å²) in [5, 5.41) is 16.3. The first kappa shape index (κ1) is 22.0. The number of non-ortho nitro benzene ring substituents is 1. The van der Waals surface area contributed by atoms with E-state index in [2.05, 4.69) is 15.1 Å². The zero-order valence-corrected chi connectivity index (χ0v) is 19.9. The minimum atomic E-state index is -0.428.